The molecule has 1 heterocycles. The van der Waals surface area contributed by atoms with Crippen LogP contribution in [-0.4, -0.2) is 44.3 Å². The summed E-state index contributed by atoms with van der Waals surface area (Å²) in [6, 6.07) is 20.4. The first-order valence-corrected chi connectivity index (χ1v) is 13.2. The van der Waals surface area contributed by atoms with Gasteiger partial charge < -0.3 is 19.7 Å². The van der Waals surface area contributed by atoms with Crippen molar-refractivity contribution in [1.29, 1.82) is 0 Å². The monoisotopic (exact) mass is 612 g/mol. The summed E-state index contributed by atoms with van der Waals surface area (Å²) >= 11 is 2.13. The van der Waals surface area contributed by atoms with Gasteiger partial charge in [-0.3, -0.25) is 9.59 Å². The summed E-state index contributed by atoms with van der Waals surface area (Å²) in [4.78, 5) is 27.1. The third-order valence-electron chi connectivity index (χ3n) is 5.72. The molecule has 0 aliphatic carbocycles. The average molecular weight is 612 g/mol. The van der Waals surface area contributed by atoms with E-state index in [1.165, 1.54) is 12.8 Å². The largest absolute Gasteiger partial charge is 0.490 e. The van der Waals surface area contributed by atoms with Crippen LogP contribution in [0.25, 0.3) is 0 Å². The number of ether oxygens (including phenoxy) is 2. The van der Waals surface area contributed by atoms with Crippen LogP contribution in [0.2, 0.25) is 0 Å². The average Bonchev–Trinajstić information content (AvgIpc) is 3.44. The zero-order valence-corrected chi connectivity index (χ0v) is 22.7. The SMILES string of the molecule is CCOc1cc(/C=N\NC(=O)c2ccc(N3CCCC3)cc2)cc(I)c1OCC(=O)Nc1ccccc1. The third kappa shape index (κ3) is 7.45. The highest BCUT2D eigenvalue weighted by Gasteiger charge is 2.15. The molecule has 2 N–H and O–H groups in total. The Kier molecular flexibility index (Phi) is 9.36. The van der Waals surface area contributed by atoms with Crippen LogP contribution in [0.3, 0.4) is 0 Å². The van der Waals surface area contributed by atoms with Gasteiger partial charge >= 0.3 is 0 Å². The molecule has 1 aliphatic rings. The van der Waals surface area contributed by atoms with Crippen molar-refractivity contribution in [2.45, 2.75) is 19.8 Å². The number of hydrogen-bond acceptors (Lipinski definition) is 6. The Balaban J connectivity index is 1.36. The molecule has 0 unspecified atom stereocenters. The van der Waals surface area contributed by atoms with Crippen molar-refractivity contribution in [3.05, 3.63) is 81.4 Å². The van der Waals surface area contributed by atoms with Gasteiger partial charge in [0.25, 0.3) is 11.8 Å². The molecule has 0 radical (unpaired) electrons. The first kappa shape index (κ1) is 26.5. The van der Waals surface area contributed by atoms with Gasteiger partial charge in [0.2, 0.25) is 0 Å². The van der Waals surface area contributed by atoms with E-state index in [2.05, 4.69) is 43.3 Å². The maximum Gasteiger partial charge on any atom is 0.271 e. The Morgan fingerprint density at radius 3 is 2.46 bits per heavy atom. The lowest BCUT2D eigenvalue weighted by molar-refractivity contribution is -0.118. The number of nitrogens with zero attached hydrogens (tertiary/aromatic N) is 2. The number of carbonyl (C=O) groups is 2. The Bertz CT molecular complexity index is 1240. The van der Waals surface area contributed by atoms with Gasteiger partial charge in [-0.15, -0.1) is 0 Å². The maximum atomic E-state index is 12.5. The Morgan fingerprint density at radius 2 is 1.76 bits per heavy atom. The van der Waals surface area contributed by atoms with E-state index < -0.39 is 0 Å². The predicted molar refractivity (Wildman–Crippen MR) is 154 cm³/mol. The first-order chi connectivity index (χ1) is 18.0. The van der Waals surface area contributed by atoms with Crippen LogP contribution in [0, 0.1) is 3.57 Å². The second-order valence-electron chi connectivity index (χ2n) is 8.41. The number of hydrogen-bond donors (Lipinski definition) is 2. The van der Waals surface area contributed by atoms with Gasteiger partial charge in [-0.05, 0) is 96.5 Å². The molecular formula is C28H29IN4O4. The van der Waals surface area contributed by atoms with Crippen molar-refractivity contribution in [3.8, 4) is 11.5 Å². The highest BCUT2D eigenvalue weighted by Crippen LogP contribution is 2.34. The van der Waals surface area contributed by atoms with Crippen LogP contribution < -0.4 is 25.1 Å². The van der Waals surface area contributed by atoms with E-state index in [1.807, 2.05) is 67.6 Å². The van der Waals surface area contributed by atoms with Gasteiger partial charge in [0.1, 0.15) is 0 Å². The molecule has 0 bridgehead atoms. The van der Waals surface area contributed by atoms with Gasteiger partial charge in [-0.25, -0.2) is 5.43 Å². The summed E-state index contributed by atoms with van der Waals surface area (Å²) in [7, 11) is 0. The van der Waals surface area contributed by atoms with Gasteiger partial charge in [0.05, 0.1) is 16.4 Å². The van der Waals surface area contributed by atoms with Gasteiger partial charge in [-0.2, -0.15) is 5.10 Å². The van der Waals surface area contributed by atoms with E-state index in [1.54, 1.807) is 12.3 Å². The summed E-state index contributed by atoms with van der Waals surface area (Å²) in [6.07, 6.45) is 3.96. The molecule has 0 spiro atoms. The Labute approximate surface area is 230 Å². The number of carbonyl (C=O) groups excluding carboxylic acids is 2. The number of rotatable bonds is 10. The minimum Gasteiger partial charge on any atom is -0.490 e. The van der Waals surface area contributed by atoms with Crippen molar-refractivity contribution in [3.63, 3.8) is 0 Å². The second kappa shape index (κ2) is 13.1. The van der Waals surface area contributed by atoms with E-state index in [-0.39, 0.29) is 18.4 Å². The number of halogens is 1. The van der Waals surface area contributed by atoms with Crippen molar-refractivity contribution in [2.24, 2.45) is 5.10 Å². The molecule has 0 saturated carbocycles. The van der Waals surface area contributed by atoms with E-state index >= 15 is 0 Å². The van der Waals surface area contributed by atoms with Crippen molar-refractivity contribution in [2.75, 3.05) is 36.5 Å². The highest BCUT2D eigenvalue weighted by atomic mass is 127. The summed E-state index contributed by atoms with van der Waals surface area (Å²) in [5.41, 5.74) is 5.67. The molecule has 8 nitrogen and oxygen atoms in total. The van der Waals surface area contributed by atoms with Crippen LogP contribution >= 0.6 is 22.6 Å². The quantitative estimate of drug-likeness (QED) is 0.190. The van der Waals surface area contributed by atoms with Crippen molar-refractivity contribution < 1.29 is 19.1 Å². The molecule has 3 aromatic carbocycles. The fraction of sp³-hybridized carbons (Fsp3) is 0.250. The lowest BCUT2D eigenvalue weighted by Crippen LogP contribution is -2.20. The Hall–Kier alpha value is -3.60. The van der Waals surface area contributed by atoms with Crippen molar-refractivity contribution in [1.82, 2.24) is 5.43 Å². The van der Waals surface area contributed by atoms with Gasteiger partial charge in [0, 0.05) is 30.0 Å². The highest BCUT2D eigenvalue weighted by molar-refractivity contribution is 14.1. The molecule has 2 amide bonds. The van der Waals surface area contributed by atoms with Crippen LogP contribution in [-0.2, 0) is 4.79 Å². The van der Waals surface area contributed by atoms with Crippen molar-refractivity contribution >= 4 is 52.0 Å². The zero-order chi connectivity index (χ0) is 26.0. The molecule has 0 atom stereocenters. The summed E-state index contributed by atoms with van der Waals surface area (Å²) in [5.74, 6) is 0.414. The number of amides is 2. The van der Waals surface area contributed by atoms with Crippen LogP contribution in [0.4, 0.5) is 11.4 Å². The van der Waals surface area contributed by atoms with E-state index in [0.717, 1.165) is 27.9 Å². The molecule has 1 aliphatic heterocycles. The first-order valence-electron chi connectivity index (χ1n) is 12.2. The fourth-order valence-electron chi connectivity index (χ4n) is 3.95. The van der Waals surface area contributed by atoms with Gasteiger partial charge in [0.15, 0.2) is 18.1 Å². The minimum absolute atomic E-state index is 0.162. The molecular weight excluding hydrogens is 583 g/mol. The molecule has 3 aromatic rings. The fourth-order valence-corrected chi connectivity index (χ4v) is 4.73. The predicted octanol–water partition coefficient (Wildman–Crippen LogP) is 5.07. The van der Waals surface area contributed by atoms with Gasteiger partial charge in [-0.1, -0.05) is 18.2 Å². The molecule has 9 heteroatoms. The molecule has 37 heavy (non-hydrogen) atoms. The zero-order valence-electron chi connectivity index (χ0n) is 20.6. The lowest BCUT2D eigenvalue weighted by atomic mass is 10.2. The van der Waals surface area contributed by atoms with Crippen LogP contribution in [0.1, 0.15) is 35.7 Å². The van der Waals surface area contributed by atoms with Crippen LogP contribution in [0.15, 0.2) is 71.8 Å². The number of benzene rings is 3. The normalized spacial score (nSPS) is 13.0. The standard InChI is InChI=1S/C28H29IN4O4/c1-2-36-25-17-20(16-24(29)27(25)37-19-26(34)31-22-8-4-3-5-9-22)18-30-32-28(35)21-10-12-23(13-11-21)33-14-6-7-15-33/h3-5,8-13,16-18H,2,6-7,14-15,19H2,1H3,(H,31,34)(H,32,35)/b30-18-. The number of nitrogens with one attached hydrogen (secondary N) is 2. The molecule has 4 rings (SSSR count). The second-order valence-corrected chi connectivity index (χ2v) is 9.57. The maximum absolute atomic E-state index is 12.5. The molecule has 1 fully saturated rings. The summed E-state index contributed by atoms with van der Waals surface area (Å²) < 4.78 is 12.3. The van der Waals surface area contributed by atoms with E-state index in [4.69, 9.17) is 9.47 Å². The summed E-state index contributed by atoms with van der Waals surface area (Å²) in [5, 5.41) is 6.90. The third-order valence-corrected chi connectivity index (χ3v) is 6.52. The Morgan fingerprint density at radius 1 is 1.03 bits per heavy atom. The summed E-state index contributed by atoms with van der Waals surface area (Å²) in [6.45, 7) is 4.25. The molecule has 0 aromatic heterocycles. The topological polar surface area (TPSA) is 92.3 Å². The molecule has 192 valence electrons. The lowest BCUT2D eigenvalue weighted by Gasteiger charge is -2.17. The van der Waals surface area contributed by atoms with Crippen LogP contribution in [0.5, 0.6) is 11.5 Å². The van der Waals surface area contributed by atoms with E-state index in [0.29, 0.717) is 29.4 Å². The van der Waals surface area contributed by atoms with E-state index in [9.17, 15) is 9.59 Å². The molecule has 1 saturated heterocycles. The number of para-hydroxylation sites is 1. The minimum atomic E-state index is -0.284. The number of anilines is 2. The smallest absolute Gasteiger partial charge is 0.271 e. The number of hydrazone groups is 1.